The van der Waals surface area contributed by atoms with E-state index in [1.54, 1.807) is 0 Å². The lowest BCUT2D eigenvalue weighted by atomic mass is 9.86. The van der Waals surface area contributed by atoms with Crippen molar-refractivity contribution in [2.75, 3.05) is 26.3 Å². The summed E-state index contributed by atoms with van der Waals surface area (Å²) in [5.74, 6) is 0.502. The van der Waals surface area contributed by atoms with Crippen molar-refractivity contribution in [3.05, 3.63) is 47.0 Å². The van der Waals surface area contributed by atoms with Gasteiger partial charge in [0, 0.05) is 37.3 Å². The van der Waals surface area contributed by atoms with E-state index >= 15 is 0 Å². The molecule has 0 radical (unpaired) electrons. The predicted octanol–water partition coefficient (Wildman–Crippen LogP) is 4.01. The Kier molecular flexibility index (Phi) is 4.30. The Morgan fingerprint density at radius 1 is 1.00 bits per heavy atom. The molecular weight excluding hydrogens is 322 g/mol. The van der Waals surface area contributed by atoms with Gasteiger partial charge in [0.2, 0.25) is 0 Å². The number of carbonyl (C=O) groups is 1. The van der Waals surface area contributed by atoms with Gasteiger partial charge in [-0.15, -0.1) is 0 Å². The van der Waals surface area contributed by atoms with Crippen molar-refractivity contribution in [3.8, 4) is 0 Å². The van der Waals surface area contributed by atoms with Crippen LogP contribution in [0.2, 0.25) is 0 Å². The number of benzene rings is 2. The van der Waals surface area contributed by atoms with Gasteiger partial charge in [-0.1, -0.05) is 30.3 Å². The molecule has 3 heteroatoms. The predicted molar refractivity (Wildman–Crippen MR) is 104 cm³/mol. The van der Waals surface area contributed by atoms with Crippen LogP contribution in [0, 0.1) is 5.92 Å². The molecule has 0 bridgehead atoms. The summed E-state index contributed by atoms with van der Waals surface area (Å²) in [5, 5.41) is 2.54. The lowest BCUT2D eigenvalue weighted by Gasteiger charge is -2.39. The molecule has 0 spiro atoms. The second kappa shape index (κ2) is 6.79. The molecule has 5 rings (SSSR count). The largest absolute Gasteiger partial charge is 0.381 e. The standard InChI is InChI=1S/C23H27NO2/c25-23(18-4-2-12-24(15-18)19-10-13-26-14-11-19)21-9-8-17-7-6-16-3-1-5-20(21)22(16)17/h1,3,5,8-9,18-19H,2,4,6-7,10-15H2. The molecule has 0 N–H and O–H groups in total. The van der Waals surface area contributed by atoms with E-state index < -0.39 is 0 Å². The average molecular weight is 349 g/mol. The van der Waals surface area contributed by atoms with Crippen molar-refractivity contribution < 1.29 is 9.53 Å². The number of rotatable bonds is 3. The maximum atomic E-state index is 13.4. The third-order valence-electron chi connectivity index (χ3n) is 6.67. The van der Waals surface area contributed by atoms with Gasteiger partial charge in [-0.2, -0.15) is 0 Å². The van der Waals surface area contributed by atoms with Crippen LogP contribution >= 0.6 is 0 Å². The number of ketones is 1. The highest BCUT2D eigenvalue weighted by atomic mass is 16.5. The fourth-order valence-corrected chi connectivity index (χ4v) is 5.28. The van der Waals surface area contributed by atoms with Crippen molar-refractivity contribution in [3.63, 3.8) is 0 Å². The second-order valence-electron chi connectivity index (χ2n) is 8.15. The van der Waals surface area contributed by atoms with E-state index in [0.717, 1.165) is 70.4 Å². The fraction of sp³-hybridized carbons (Fsp3) is 0.522. The molecule has 26 heavy (non-hydrogen) atoms. The zero-order chi connectivity index (χ0) is 17.5. The summed E-state index contributed by atoms with van der Waals surface area (Å²) >= 11 is 0. The summed E-state index contributed by atoms with van der Waals surface area (Å²) in [6.45, 7) is 3.80. The molecule has 2 fully saturated rings. The van der Waals surface area contributed by atoms with Crippen molar-refractivity contribution in [2.45, 2.75) is 44.6 Å². The minimum Gasteiger partial charge on any atom is -0.381 e. The summed E-state index contributed by atoms with van der Waals surface area (Å²) in [7, 11) is 0. The van der Waals surface area contributed by atoms with E-state index in [-0.39, 0.29) is 5.92 Å². The third kappa shape index (κ3) is 2.78. The number of hydrogen-bond donors (Lipinski definition) is 0. The van der Waals surface area contributed by atoms with Gasteiger partial charge in [-0.3, -0.25) is 9.69 Å². The Labute approximate surface area is 155 Å². The van der Waals surface area contributed by atoms with Crippen LogP contribution in [0.1, 0.15) is 47.2 Å². The van der Waals surface area contributed by atoms with E-state index in [9.17, 15) is 4.79 Å². The number of piperidine rings is 1. The Morgan fingerprint density at radius 3 is 2.65 bits per heavy atom. The maximum Gasteiger partial charge on any atom is 0.167 e. The normalized spacial score (nSPS) is 24.2. The number of hydrogen-bond acceptors (Lipinski definition) is 3. The first-order chi connectivity index (χ1) is 12.8. The van der Waals surface area contributed by atoms with Crippen LogP contribution in [0.5, 0.6) is 0 Å². The van der Waals surface area contributed by atoms with Gasteiger partial charge in [-0.25, -0.2) is 0 Å². The first-order valence-corrected chi connectivity index (χ1v) is 10.2. The SMILES string of the molecule is O=C(c1ccc2c3c(cccc13)CC2)C1CCCN(C2CCOCC2)C1. The Hall–Kier alpha value is -1.71. The van der Waals surface area contributed by atoms with Crippen LogP contribution in [0.15, 0.2) is 30.3 Å². The van der Waals surface area contributed by atoms with Crippen LogP contribution in [-0.4, -0.2) is 43.0 Å². The molecule has 0 saturated carbocycles. The Morgan fingerprint density at radius 2 is 1.81 bits per heavy atom. The second-order valence-corrected chi connectivity index (χ2v) is 8.15. The van der Waals surface area contributed by atoms with Crippen LogP contribution in [-0.2, 0) is 17.6 Å². The number of Topliss-reactive ketones (excluding diaryl/α,β-unsaturated/α-hetero) is 1. The van der Waals surface area contributed by atoms with E-state index in [4.69, 9.17) is 4.74 Å². The molecule has 1 atom stereocenters. The summed E-state index contributed by atoms with van der Waals surface area (Å²) in [5.41, 5.74) is 3.78. The van der Waals surface area contributed by atoms with Crippen LogP contribution in [0.3, 0.4) is 0 Å². The summed E-state index contributed by atoms with van der Waals surface area (Å²) < 4.78 is 5.52. The Bertz CT molecular complexity index is 827. The van der Waals surface area contributed by atoms with Crippen molar-refractivity contribution >= 4 is 16.6 Å². The van der Waals surface area contributed by atoms with Crippen LogP contribution < -0.4 is 0 Å². The molecule has 2 aliphatic heterocycles. The lowest BCUT2D eigenvalue weighted by Crippen LogP contribution is -2.46. The van der Waals surface area contributed by atoms with Crippen molar-refractivity contribution in [1.82, 2.24) is 4.90 Å². The fourth-order valence-electron chi connectivity index (χ4n) is 5.28. The number of aryl methyl sites for hydroxylation is 2. The van der Waals surface area contributed by atoms with Gasteiger partial charge in [-0.05, 0) is 67.0 Å². The van der Waals surface area contributed by atoms with Gasteiger partial charge < -0.3 is 4.74 Å². The highest BCUT2D eigenvalue weighted by Gasteiger charge is 2.32. The molecule has 136 valence electrons. The minimum atomic E-state index is 0.144. The topological polar surface area (TPSA) is 29.5 Å². The molecule has 2 aromatic rings. The van der Waals surface area contributed by atoms with Crippen molar-refractivity contribution in [2.24, 2.45) is 5.92 Å². The molecule has 0 amide bonds. The number of likely N-dealkylation sites (tertiary alicyclic amines) is 1. The number of ether oxygens (including phenoxy) is 1. The van der Waals surface area contributed by atoms with Crippen molar-refractivity contribution in [1.29, 1.82) is 0 Å². The molecule has 0 aromatic heterocycles. The first kappa shape index (κ1) is 16.5. The van der Waals surface area contributed by atoms with Gasteiger partial charge in [0.1, 0.15) is 0 Å². The summed E-state index contributed by atoms with van der Waals surface area (Å²) in [4.78, 5) is 16.0. The molecule has 1 unspecified atom stereocenters. The smallest absolute Gasteiger partial charge is 0.167 e. The highest BCUT2D eigenvalue weighted by Crippen LogP contribution is 2.35. The molecule has 2 saturated heterocycles. The van der Waals surface area contributed by atoms with E-state index in [0.29, 0.717) is 11.8 Å². The number of nitrogens with zero attached hydrogens (tertiary/aromatic N) is 1. The maximum absolute atomic E-state index is 13.4. The summed E-state index contributed by atoms with van der Waals surface area (Å²) in [6, 6.07) is 11.4. The summed E-state index contributed by atoms with van der Waals surface area (Å²) in [6.07, 6.45) is 6.62. The highest BCUT2D eigenvalue weighted by molar-refractivity contribution is 6.11. The molecule has 3 nitrogen and oxygen atoms in total. The average Bonchev–Trinajstić information content (AvgIpc) is 3.14. The van der Waals surface area contributed by atoms with E-state index in [2.05, 4.69) is 35.2 Å². The zero-order valence-electron chi connectivity index (χ0n) is 15.4. The molecule has 2 heterocycles. The van der Waals surface area contributed by atoms with E-state index in [1.165, 1.54) is 21.9 Å². The van der Waals surface area contributed by atoms with Crippen LogP contribution in [0.25, 0.3) is 10.8 Å². The minimum absolute atomic E-state index is 0.144. The molecule has 2 aromatic carbocycles. The third-order valence-corrected chi connectivity index (χ3v) is 6.67. The van der Waals surface area contributed by atoms with Gasteiger partial charge in [0.05, 0.1) is 0 Å². The zero-order valence-corrected chi connectivity index (χ0v) is 15.4. The first-order valence-electron chi connectivity index (χ1n) is 10.2. The van der Waals surface area contributed by atoms with Gasteiger partial charge >= 0.3 is 0 Å². The number of carbonyl (C=O) groups excluding carboxylic acids is 1. The molecule has 3 aliphatic rings. The lowest BCUT2D eigenvalue weighted by molar-refractivity contribution is 0.0183. The van der Waals surface area contributed by atoms with Crippen LogP contribution in [0.4, 0.5) is 0 Å². The van der Waals surface area contributed by atoms with E-state index in [1.807, 2.05) is 0 Å². The van der Waals surface area contributed by atoms with Gasteiger partial charge in [0.15, 0.2) is 5.78 Å². The quantitative estimate of drug-likeness (QED) is 0.784. The molecular formula is C23H27NO2. The van der Waals surface area contributed by atoms with Gasteiger partial charge in [0.25, 0.3) is 0 Å². The Balaban J connectivity index is 1.42. The monoisotopic (exact) mass is 349 g/mol. The molecule has 1 aliphatic carbocycles.